The Balaban J connectivity index is 1.30. The van der Waals surface area contributed by atoms with Crippen molar-refractivity contribution in [1.82, 2.24) is 19.4 Å². The number of aliphatic carboxylic acids is 1. The molecule has 0 aliphatic heterocycles. The number of imidazole rings is 1. The van der Waals surface area contributed by atoms with Crippen LogP contribution in [0.3, 0.4) is 0 Å². The van der Waals surface area contributed by atoms with Crippen molar-refractivity contribution >= 4 is 33.8 Å². The van der Waals surface area contributed by atoms with Gasteiger partial charge >= 0.3 is 5.97 Å². The Morgan fingerprint density at radius 1 is 1.10 bits per heavy atom. The third kappa shape index (κ3) is 4.65. The van der Waals surface area contributed by atoms with Gasteiger partial charge in [0.1, 0.15) is 23.9 Å². The van der Waals surface area contributed by atoms with Crippen LogP contribution in [0.1, 0.15) is 54.1 Å². The molecule has 9 nitrogen and oxygen atoms in total. The number of nitrogens with zero attached hydrogens (tertiary/aromatic N) is 3. The molecule has 1 saturated carbocycles. The minimum atomic E-state index is -1.15. The summed E-state index contributed by atoms with van der Waals surface area (Å²) in [7, 11) is 1.86. The van der Waals surface area contributed by atoms with E-state index in [9.17, 15) is 19.8 Å². The molecule has 1 amide bonds. The number of amides is 1. The summed E-state index contributed by atoms with van der Waals surface area (Å²) in [5, 5.41) is 23.3. The van der Waals surface area contributed by atoms with Gasteiger partial charge in [-0.05, 0) is 60.9 Å². The Kier molecular flexibility index (Phi) is 6.34. The topological polar surface area (TPSA) is 123 Å². The molecule has 39 heavy (non-hydrogen) atoms. The highest BCUT2D eigenvalue weighted by Crippen LogP contribution is 2.36. The van der Waals surface area contributed by atoms with Crippen molar-refractivity contribution in [1.29, 1.82) is 0 Å². The molecule has 1 unspecified atom stereocenters. The number of benzene rings is 2. The second-order valence-electron chi connectivity index (χ2n) is 10.3. The lowest BCUT2D eigenvalue weighted by Crippen LogP contribution is -2.42. The molecule has 3 aromatic heterocycles. The number of phenols is 1. The number of aromatic hydroxyl groups is 1. The number of hydrogen-bond acceptors (Lipinski definition) is 5. The number of fused-ring (bicyclic) bond motifs is 2. The second kappa shape index (κ2) is 9.98. The molecule has 3 heterocycles. The van der Waals surface area contributed by atoms with Gasteiger partial charge in [-0.3, -0.25) is 4.79 Å². The number of aryl methyl sites for hydroxylation is 1. The first-order valence-electron chi connectivity index (χ1n) is 13.2. The maximum absolute atomic E-state index is 13.3. The molecule has 1 aliphatic carbocycles. The van der Waals surface area contributed by atoms with E-state index in [2.05, 4.69) is 9.88 Å². The zero-order chi connectivity index (χ0) is 27.1. The highest BCUT2D eigenvalue weighted by Gasteiger charge is 2.26. The summed E-state index contributed by atoms with van der Waals surface area (Å²) in [6.45, 7) is 0. The molecule has 0 saturated heterocycles. The molecule has 6 rings (SSSR count). The molecule has 2 aromatic carbocycles. The van der Waals surface area contributed by atoms with Crippen LogP contribution in [0.2, 0.25) is 0 Å². The maximum atomic E-state index is 13.3. The van der Waals surface area contributed by atoms with Gasteiger partial charge in [-0.1, -0.05) is 19.3 Å². The number of carboxylic acids is 1. The van der Waals surface area contributed by atoms with Crippen LogP contribution in [0.25, 0.3) is 33.3 Å². The molecule has 0 radical (unpaired) electrons. The quantitative estimate of drug-likeness (QED) is 0.260. The lowest BCUT2D eigenvalue weighted by atomic mass is 9.95. The molecular weight excluding hydrogens is 496 g/mol. The molecule has 200 valence electrons. The number of hydrogen-bond donors (Lipinski definition) is 3. The smallest absolute Gasteiger partial charge is 0.326 e. The molecular formula is C30H30N4O5. The highest BCUT2D eigenvalue weighted by atomic mass is 16.4. The Morgan fingerprint density at radius 3 is 2.64 bits per heavy atom. The van der Waals surface area contributed by atoms with Crippen LogP contribution in [0.15, 0.2) is 65.6 Å². The van der Waals surface area contributed by atoms with Gasteiger partial charge in [-0.2, -0.15) is 0 Å². The van der Waals surface area contributed by atoms with E-state index in [0.29, 0.717) is 17.1 Å². The van der Waals surface area contributed by atoms with Crippen molar-refractivity contribution < 1.29 is 24.2 Å². The standard InChI is InChI=1S/C30H30N4O5/c1-33-16-20(23-15-22(35)8-10-26(23)33)14-25(30(37)38)32-29(36)18-7-9-27-24(13-18)31-28(19-11-12-39-17-19)34(27)21-5-3-2-4-6-21/h7-13,15-17,21,25,35H,2-6,14H2,1H3,(H,32,36)(H,37,38). The van der Waals surface area contributed by atoms with E-state index in [0.717, 1.165) is 46.2 Å². The van der Waals surface area contributed by atoms with Gasteiger partial charge in [0.05, 0.1) is 22.9 Å². The van der Waals surface area contributed by atoms with E-state index >= 15 is 0 Å². The number of aromatic nitrogens is 3. The number of furan rings is 1. The number of rotatable bonds is 7. The fraction of sp³-hybridized carbons (Fsp3) is 0.300. The SMILES string of the molecule is Cn1cc(CC(NC(=O)c2ccc3c(c2)nc(-c2ccoc2)n3C2CCCCC2)C(=O)O)c2cc(O)ccc21. The molecule has 1 aliphatic rings. The van der Waals surface area contributed by atoms with Crippen molar-refractivity contribution in [2.45, 2.75) is 50.6 Å². The van der Waals surface area contributed by atoms with Crippen molar-refractivity contribution in [2.75, 3.05) is 0 Å². The van der Waals surface area contributed by atoms with E-state index < -0.39 is 17.9 Å². The Morgan fingerprint density at radius 2 is 1.90 bits per heavy atom. The Hall–Kier alpha value is -4.53. The fourth-order valence-electron chi connectivity index (χ4n) is 5.83. The summed E-state index contributed by atoms with van der Waals surface area (Å²) in [6, 6.07) is 11.4. The Bertz CT molecular complexity index is 1670. The second-order valence-corrected chi connectivity index (χ2v) is 10.3. The van der Waals surface area contributed by atoms with E-state index in [1.54, 1.807) is 42.9 Å². The minimum Gasteiger partial charge on any atom is -0.508 e. The van der Waals surface area contributed by atoms with Gasteiger partial charge in [0.15, 0.2) is 0 Å². The normalized spacial score (nSPS) is 15.1. The van der Waals surface area contributed by atoms with Crippen LogP contribution < -0.4 is 5.32 Å². The van der Waals surface area contributed by atoms with Crippen LogP contribution in [0.5, 0.6) is 5.75 Å². The van der Waals surface area contributed by atoms with E-state index in [4.69, 9.17) is 9.40 Å². The fourth-order valence-corrected chi connectivity index (χ4v) is 5.83. The first kappa shape index (κ1) is 24.8. The maximum Gasteiger partial charge on any atom is 0.326 e. The average molecular weight is 527 g/mol. The average Bonchev–Trinajstić information content (AvgIpc) is 3.66. The summed E-state index contributed by atoms with van der Waals surface area (Å²) in [4.78, 5) is 30.3. The van der Waals surface area contributed by atoms with E-state index in [1.165, 1.54) is 19.3 Å². The predicted molar refractivity (Wildman–Crippen MR) is 147 cm³/mol. The molecule has 9 heteroatoms. The molecule has 1 atom stereocenters. The first-order chi connectivity index (χ1) is 18.9. The largest absolute Gasteiger partial charge is 0.508 e. The predicted octanol–water partition coefficient (Wildman–Crippen LogP) is 5.42. The summed E-state index contributed by atoms with van der Waals surface area (Å²) in [5.74, 6) is -0.706. The number of carbonyl (C=O) groups is 2. The number of phenolic OH excluding ortho intramolecular Hbond substituents is 1. The van der Waals surface area contributed by atoms with Gasteiger partial charge in [-0.15, -0.1) is 0 Å². The highest BCUT2D eigenvalue weighted by molar-refractivity contribution is 6.00. The Labute approximate surface area is 224 Å². The molecule has 0 bridgehead atoms. The van der Waals surface area contributed by atoms with Gasteiger partial charge in [-0.25, -0.2) is 9.78 Å². The van der Waals surface area contributed by atoms with Crippen LogP contribution in [0, 0.1) is 0 Å². The minimum absolute atomic E-state index is 0.0745. The van der Waals surface area contributed by atoms with Crippen molar-refractivity contribution in [3.05, 3.63) is 72.3 Å². The van der Waals surface area contributed by atoms with E-state index in [-0.39, 0.29) is 12.2 Å². The molecule has 0 spiro atoms. The third-order valence-electron chi connectivity index (χ3n) is 7.75. The summed E-state index contributed by atoms with van der Waals surface area (Å²) < 4.78 is 9.47. The summed E-state index contributed by atoms with van der Waals surface area (Å²) in [5.41, 5.74) is 4.44. The first-order valence-corrected chi connectivity index (χ1v) is 13.2. The van der Waals surface area contributed by atoms with Gasteiger partial charge in [0.25, 0.3) is 5.91 Å². The zero-order valence-electron chi connectivity index (χ0n) is 21.6. The van der Waals surface area contributed by atoms with Crippen LogP contribution >= 0.6 is 0 Å². The van der Waals surface area contributed by atoms with Crippen LogP contribution in [-0.4, -0.2) is 42.2 Å². The van der Waals surface area contributed by atoms with Gasteiger partial charge < -0.3 is 29.1 Å². The molecule has 1 fully saturated rings. The lowest BCUT2D eigenvalue weighted by Gasteiger charge is -2.25. The van der Waals surface area contributed by atoms with Gasteiger partial charge in [0, 0.05) is 42.2 Å². The van der Waals surface area contributed by atoms with Crippen LogP contribution in [-0.2, 0) is 18.3 Å². The van der Waals surface area contributed by atoms with Crippen molar-refractivity contribution in [3.8, 4) is 17.1 Å². The van der Waals surface area contributed by atoms with E-state index in [1.807, 2.05) is 29.9 Å². The van der Waals surface area contributed by atoms with Crippen LogP contribution in [0.4, 0.5) is 0 Å². The van der Waals surface area contributed by atoms with Crippen molar-refractivity contribution in [3.63, 3.8) is 0 Å². The summed E-state index contributed by atoms with van der Waals surface area (Å²) in [6.07, 6.45) is 10.9. The summed E-state index contributed by atoms with van der Waals surface area (Å²) >= 11 is 0. The molecule has 3 N–H and O–H groups in total. The third-order valence-corrected chi connectivity index (χ3v) is 7.75. The van der Waals surface area contributed by atoms with Gasteiger partial charge in [0.2, 0.25) is 0 Å². The number of carboxylic acid groups (broad SMARTS) is 1. The monoisotopic (exact) mass is 526 g/mol. The zero-order valence-corrected chi connectivity index (χ0v) is 21.6. The van der Waals surface area contributed by atoms with Crippen molar-refractivity contribution in [2.24, 2.45) is 7.05 Å². The lowest BCUT2D eigenvalue weighted by molar-refractivity contribution is -0.139. The molecule has 5 aromatic rings. The number of nitrogens with one attached hydrogen (secondary N) is 1. The number of carbonyl (C=O) groups excluding carboxylic acids is 1.